The monoisotopic (exact) mass is 411 g/mol. The smallest absolute Gasteiger partial charge is 0.129 e. The van der Waals surface area contributed by atoms with E-state index in [0.717, 1.165) is 48.3 Å². The fourth-order valence-electron chi connectivity index (χ4n) is 5.02. The van der Waals surface area contributed by atoms with Gasteiger partial charge in [0.05, 0.1) is 23.4 Å². The molecule has 31 heavy (non-hydrogen) atoms. The summed E-state index contributed by atoms with van der Waals surface area (Å²) >= 11 is 0. The quantitative estimate of drug-likeness (QED) is 0.374. The Balaban J connectivity index is 1.98. The van der Waals surface area contributed by atoms with Crippen LogP contribution in [-0.2, 0) is 18.4 Å². The van der Waals surface area contributed by atoms with Gasteiger partial charge in [0.15, 0.2) is 0 Å². The summed E-state index contributed by atoms with van der Waals surface area (Å²) in [4.78, 5) is 5.09. The van der Waals surface area contributed by atoms with Gasteiger partial charge in [0.2, 0.25) is 0 Å². The molecule has 2 aromatic heterocycles. The van der Waals surface area contributed by atoms with Gasteiger partial charge in [-0.2, -0.15) is 0 Å². The SMILES string of the molecule is C=C=C(C)CC(C)(CC)c1cc2n(c(=N)c1CC)Cc1cc3cc(C)c(C)cc3nc1-2. The van der Waals surface area contributed by atoms with E-state index in [2.05, 4.69) is 82.7 Å². The Morgan fingerprint density at radius 2 is 1.90 bits per heavy atom. The van der Waals surface area contributed by atoms with Gasteiger partial charge in [-0.15, -0.1) is 5.73 Å². The molecule has 4 rings (SSSR count). The van der Waals surface area contributed by atoms with Crippen molar-refractivity contribution in [3.05, 3.63) is 75.5 Å². The molecule has 1 N–H and O–H groups in total. The maximum Gasteiger partial charge on any atom is 0.129 e. The second-order valence-electron chi connectivity index (χ2n) is 9.38. The number of nitrogens with zero attached hydrogens (tertiary/aromatic N) is 2. The first-order valence-electron chi connectivity index (χ1n) is 11.3. The largest absolute Gasteiger partial charge is 0.320 e. The Morgan fingerprint density at radius 1 is 1.19 bits per heavy atom. The third-order valence-corrected chi connectivity index (χ3v) is 7.27. The highest BCUT2D eigenvalue weighted by molar-refractivity contribution is 5.85. The van der Waals surface area contributed by atoms with E-state index in [4.69, 9.17) is 10.4 Å². The van der Waals surface area contributed by atoms with Crippen molar-refractivity contribution >= 4 is 10.9 Å². The van der Waals surface area contributed by atoms with E-state index in [9.17, 15) is 0 Å². The molecule has 3 aromatic rings. The zero-order valence-corrected chi connectivity index (χ0v) is 19.7. The number of allylic oxidation sites excluding steroid dienone is 1. The van der Waals surface area contributed by atoms with Crippen LogP contribution in [0, 0.1) is 19.3 Å². The van der Waals surface area contributed by atoms with Crippen molar-refractivity contribution in [2.45, 2.75) is 72.8 Å². The van der Waals surface area contributed by atoms with Crippen LogP contribution in [0.15, 0.2) is 42.1 Å². The van der Waals surface area contributed by atoms with Crippen molar-refractivity contribution in [1.29, 1.82) is 5.41 Å². The number of aromatic nitrogens is 2. The second kappa shape index (κ2) is 7.66. The minimum Gasteiger partial charge on any atom is -0.320 e. The van der Waals surface area contributed by atoms with E-state index < -0.39 is 0 Å². The lowest BCUT2D eigenvalue weighted by atomic mass is 9.73. The van der Waals surface area contributed by atoms with E-state index in [1.165, 1.54) is 33.2 Å². The lowest BCUT2D eigenvalue weighted by molar-refractivity contribution is 0.444. The van der Waals surface area contributed by atoms with Crippen LogP contribution < -0.4 is 5.49 Å². The average Bonchev–Trinajstić information content (AvgIpc) is 3.10. The van der Waals surface area contributed by atoms with Gasteiger partial charge in [0, 0.05) is 10.9 Å². The number of aryl methyl sites for hydroxylation is 2. The molecule has 0 amide bonds. The normalized spacial score (nSPS) is 14.1. The lowest BCUT2D eigenvalue weighted by Gasteiger charge is -2.32. The summed E-state index contributed by atoms with van der Waals surface area (Å²) in [5.74, 6) is 0. The van der Waals surface area contributed by atoms with Crippen LogP contribution in [0.2, 0.25) is 0 Å². The van der Waals surface area contributed by atoms with Crippen LogP contribution >= 0.6 is 0 Å². The van der Waals surface area contributed by atoms with Gasteiger partial charge in [-0.05, 0) is 97.5 Å². The minimum atomic E-state index is -0.0567. The van der Waals surface area contributed by atoms with Crippen LogP contribution in [0.3, 0.4) is 0 Å². The van der Waals surface area contributed by atoms with E-state index in [1.807, 2.05) is 0 Å². The summed E-state index contributed by atoms with van der Waals surface area (Å²) in [7, 11) is 0. The standard InChI is InChI=1S/C28H33N3/c1-8-17(4)15-28(7,10-3)23-14-25-26-21(16-31(25)27(29)22(23)9-2)13-20-11-18(5)19(6)12-24(20)30-26/h11-14,29H,1,9-10,15-16H2,2-7H3. The van der Waals surface area contributed by atoms with E-state index in [1.54, 1.807) is 0 Å². The molecular formula is C28H33N3. The van der Waals surface area contributed by atoms with Crippen LogP contribution in [0.1, 0.15) is 68.4 Å². The van der Waals surface area contributed by atoms with Crippen LogP contribution in [0.4, 0.5) is 0 Å². The molecule has 3 heteroatoms. The maximum absolute atomic E-state index is 9.08. The van der Waals surface area contributed by atoms with Crippen molar-refractivity contribution in [3.63, 3.8) is 0 Å². The fraction of sp³-hybridized carbons (Fsp3) is 0.393. The zero-order valence-electron chi connectivity index (χ0n) is 19.7. The topological polar surface area (TPSA) is 41.7 Å². The van der Waals surface area contributed by atoms with Crippen LogP contribution in [0.25, 0.3) is 22.3 Å². The molecule has 1 unspecified atom stereocenters. The fourth-order valence-corrected chi connectivity index (χ4v) is 5.02. The molecular weight excluding hydrogens is 378 g/mol. The van der Waals surface area contributed by atoms with Crippen molar-refractivity contribution < 1.29 is 0 Å². The first-order valence-corrected chi connectivity index (χ1v) is 11.3. The molecule has 0 saturated heterocycles. The second-order valence-corrected chi connectivity index (χ2v) is 9.38. The van der Waals surface area contributed by atoms with Crippen molar-refractivity contribution in [3.8, 4) is 11.4 Å². The lowest BCUT2D eigenvalue weighted by Crippen LogP contribution is -2.31. The van der Waals surface area contributed by atoms with Crippen LogP contribution in [-0.4, -0.2) is 9.55 Å². The van der Waals surface area contributed by atoms with Gasteiger partial charge in [0.25, 0.3) is 0 Å². The Hall–Kier alpha value is -2.90. The molecule has 3 nitrogen and oxygen atoms in total. The molecule has 0 fully saturated rings. The average molecular weight is 412 g/mol. The summed E-state index contributed by atoms with van der Waals surface area (Å²) in [6.07, 6.45) is 2.75. The number of hydrogen-bond acceptors (Lipinski definition) is 2. The van der Waals surface area contributed by atoms with Gasteiger partial charge in [0.1, 0.15) is 5.49 Å². The summed E-state index contributed by atoms with van der Waals surface area (Å²) in [6.45, 7) is 17.7. The molecule has 1 aliphatic heterocycles. The summed E-state index contributed by atoms with van der Waals surface area (Å²) in [5, 5.41) is 10.3. The number of rotatable bonds is 5. The van der Waals surface area contributed by atoms with Crippen molar-refractivity contribution in [1.82, 2.24) is 9.55 Å². The predicted octanol–water partition coefficient (Wildman–Crippen LogP) is 6.51. The molecule has 0 bridgehead atoms. The molecule has 0 spiro atoms. The van der Waals surface area contributed by atoms with Gasteiger partial charge < -0.3 is 4.57 Å². The number of nitrogens with one attached hydrogen (secondary N) is 1. The van der Waals surface area contributed by atoms with E-state index >= 15 is 0 Å². The Labute approximate surface area is 185 Å². The van der Waals surface area contributed by atoms with Gasteiger partial charge >= 0.3 is 0 Å². The summed E-state index contributed by atoms with van der Waals surface area (Å²) in [5.41, 5.74) is 14.1. The Kier molecular flexibility index (Phi) is 5.27. The van der Waals surface area contributed by atoms with E-state index in [0.29, 0.717) is 5.49 Å². The molecule has 0 aliphatic carbocycles. The molecule has 1 aliphatic rings. The molecule has 0 saturated carbocycles. The molecule has 1 atom stereocenters. The molecule has 160 valence electrons. The number of hydrogen-bond donors (Lipinski definition) is 1. The van der Waals surface area contributed by atoms with Crippen molar-refractivity contribution in [2.75, 3.05) is 0 Å². The highest BCUT2D eigenvalue weighted by atomic mass is 15.0. The van der Waals surface area contributed by atoms with E-state index in [-0.39, 0.29) is 5.41 Å². The third kappa shape index (κ3) is 3.38. The highest BCUT2D eigenvalue weighted by Crippen LogP contribution is 2.39. The number of pyridine rings is 2. The zero-order chi connectivity index (χ0) is 22.5. The van der Waals surface area contributed by atoms with Gasteiger partial charge in [-0.25, -0.2) is 4.98 Å². The Morgan fingerprint density at radius 3 is 2.55 bits per heavy atom. The number of fused-ring (bicyclic) bond motifs is 4. The van der Waals surface area contributed by atoms with Crippen molar-refractivity contribution in [2.24, 2.45) is 0 Å². The van der Waals surface area contributed by atoms with Crippen LogP contribution in [0.5, 0.6) is 0 Å². The van der Waals surface area contributed by atoms with Gasteiger partial charge in [-0.1, -0.05) is 27.4 Å². The first kappa shape index (κ1) is 21.3. The highest BCUT2D eigenvalue weighted by Gasteiger charge is 2.32. The maximum atomic E-state index is 9.08. The molecule has 1 aromatic carbocycles. The number of benzene rings is 1. The Bertz CT molecular complexity index is 1320. The van der Waals surface area contributed by atoms with Gasteiger partial charge in [-0.3, -0.25) is 5.41 Å². The minimum absolute atomic E-state index is 0.0567. The molecule has 3 heterocycles. The first-order chi connectivity index (χ1) is 14.7. The predicted molar refractivity (Wildman–Crippen MR) is 130 cm³/mol. The summed E-state index contributed by atoms with van der Waals surface area (Å²) < 4.78 is 2.14. The summed E-state index contributed by atoms with van der Waals surface area (Å²) in [6, 6.07) is 9.01. The molecule has 0 radical (unpaired) electrons. The third-order valence-electron chi connectivity index (χ3n) is 7.27.